The molecule has 2 aromatic rings. The Morgan fingerprint density at radius 1 is 1.36 bits per heavy atom. The smallest absolute Gasteiger partial charge is 0.326 e. The molecule has 0 radical (unpaired) electrons. The molecule has 116 valence electrons. The molecule has 1 unspecified atom stereocenters. The van der Waals surface area contributed by atoms with Crippen LogP contribution in [0.15, 0.2) is 24.5 Å². The lowest BCUT2D eigenvalue weighted by Gasteiger charge is -2.14. The maximum absolute atomic E-state index is 12.3. The summed E-state index contributed by atoms with van der Waals surface area (Å²) in [7, 11) is 0. The molecule has 0 saturated heterocycles. The zero-order chi connectivity index (χ0) is 16.1. The number of rotatable bonds is 6. The molecule has 2 heterocycles. The highest BCUT2D eigenvalue weighted by Gasteiger charge is 2.23. The lowest BCUT2D eigenvalue weighted by molar-refractivity contribution is -0.139. The molecule has 6 nitrogen and oxygen atoms in total. The number of carboxylic acids is 1. The summed E-state index contributed by atoms with van der Waals surface area (Å²) in [6.45, 7) is 3.71. The van der Waals surface area contributed by atoms with Crippen LogP contribution in [0.4, 0.5) is 0 Å². The van der Waals surface area contributed by atoms with E-state index >= 15 is 0 Å². The van der Waals surface area contributed by atoms with Crippen LogP contribution in [-0.4, -0.2) is 33.0 Å². The fourth-order valence-corrected chi connectivity index (χ4v) is 2.90. The standard InChI is InChI=1S/C15H17N3O3S/c1-3-12-17-9(2)13(22-12)14(19)18-11(15(20)21)8-10-4-6-16-7-5-10/h4-7,11H,3,8H2,1-2H3,(H,18,19)(H,20,21). The number of carbonyl (C=O) groups excluding carboxylic acids is 1. The predicted molar refractivity (Wildman–Crippen MR) is 83.1 cm³/mol. The van der Waals surface area contributed by atoms with E-state index in [-0.39, 0.29) is 6.42 Å². The summed E-state index contributed by atoms with van der Waals surface area (Å²) in [6.07, 6.45) is 4.15. The van der Waals surface area contributed by atoms with Gasteiger partial charge in [-0.05, 0) is 31.0 Å². The molecule has 2 N–H and O–H groups in total. The van der Waals surface area contributed by atoms with E-state index < -0.39 is 17.9 Å². The van der Waals surface area contributed by atoms with Crippen LogP contribution in [0.25, 0.3) is 0 Å². The monoisotopic (exact) mass is 319 g/mol. The number of aromatic nitrogens is 2. The number of carboxylic acid groups (broad SMARTS) is 1. The number of nitrogens with zero attached hydrogens (tertiary/aromatic N) is 2. The van der Waals surface area contributed by atoms with Crippen LogP contribution in [0.1, 0.15) is 32.9 Å². The van der Waals surface area contributed by atoms with Gasteiger partial charge in [0.1, 0.15) is 10.9 Å². The highest BCUT2D eigenvalue weighted by atomic mass is 32.1. The Morgan fingerprint density at radius 3 is 2.59 bits per heavy atom. The van der Waals surface area contributed by atoms with E-state index in [1.54, 1.807) is 31.5 Å². The van der Waals surface area contributed by atoms with Crippen molar-refractivity contribution in [2.75, 3.05) is 0 Å². The summed E-state index contributed by atoms with van der Waals surface area (Å²) in [4.78, 5) is 32.3. The number of hydrogen-bond donors (Lipinski definition) is 2. The van der Waals surface area contributed by atoms with Gasteiger partial charge in [-0.1, -0.05) is 6.92 Å². The number of hydrogen-bond acceptors (Lipinski definition) is 5. The molecule has 2 rings (SSSR count). The van der Waals surface area contributed by atoms with Crippen molar-refractivity contribution in [3.05, 3.63) is 45.7 Å². The molecule has 7 heteroatoms. The SMILES string of the molecule is CCc1nc(C)c(C(=O)NC(Cc2ccncc2)C(=O)O)s1. The van der Waals surface area contributed by atoms with Crippen LogP contribution in [0.3, 0.4) is 0 Å². The van der Waals surface area contributed by atoms with Crippen molar-refractivity contribution in [1.29, 1.82) is 0 Å². The van der Waals surface area contributed by atoms with E-state index in [2.05, 4.69) is 15.3 Å². The van der Waals surface area contributed by atoms with E-state index in [0.717, 1.165) is 17.0 Å². The lowest BCUT2D eigenvalue weighted by Crippen LogP contribution is -2.42. The number of amides is 1. The zero-order valence-corrected chi connectivity index (χ0v) is 13.2. The summed E-state index contributed by atoms with van der Waals surface area (Å²) in [5.41, 5.74) is 1.44. The first kappa shape index (κ1) is 16.1. The second kappa shape index (κ2) is 7.13. The van der Waals surface area contributed by atoms with Crippen molar-refractivity contribution in [2.45, 2.75) is 32.7 Å². The van der Waals surface area contributed by atoms with Gasteiger partial charge in [-0.3, -0.25) is 9.78 Å². The number of thiazole rings is 1. The summed E-state index contributed by atoms with van der Waals surface area (Å²) in [5, 5.41) is 12.7. The highest BCUT2D eigenvalue weighted by Crippen LogP contribution is 2.18. The van der Waals surface area contributed by atoms with Gasteiger partial charge in [0.25, 0.3) is 5.91 Å². The maximum Gasteiger partial charge on any atom is 0.326 e. The molecule has 0 bridgehead atoms. The molecular weight excluding hydrogens is 302 g/mol. The van der Waals surface area contributed by atoms with Crippen molar-refractivity contribution < 1.29 is 14.7 Å². The second-order valence-electron chi connectivity index (χ2n) is 4.80. The molecule has 0 fully saturated rings. The first-order chi connectivity index (χ1) is 10.5. The van der Waals surface area contributed by atoms with Gasteiger partial charge in [0, 0.05) is 18.8 Å². The van der Waals surface area contributed by atoms with E-state index in [1.165, 1.54) is 11.3 Å². The second-order valence-corrected chi connectivity index (χ2v) is 5.88. The Bertz CT molecular complexity index is 670. The molecule has 0 spiro atoms. The quantitative estimate of drug-likeness (QED) is 0.847. The third-order valence-corrected chi connectivity index (χ3v) is 4.44. The van der Waals surface area contributed by atoms with Gasteiger partial charge in [-0.25, -0.2) is 9.78 Å². The normalized spacial score (nSPS) is 11.9. The van der Waals surface area contributed by atoms with Gasteiger partial charge in [-0.15, -0.1) is 11.3 Å². The van der Waals surface area contributed by atoms with E-state index in [0.29, 0.717) is 10.6 Å². The number of carbonyl (C=O) groups is 2. The Hall–Kier alpha value is -2.28. The van der Waals surface area contributed by atoms with Crippen LogP contribution in [0.5, 0.6) is 0 Å². The first-order valence-corrected chi connectivity index (χ1v) is 7.71. The largest absolute Gasteiger partial charge is 0.480 e. The van der Waals surface area contributed by atoms with Crippen molar-refractivity contribution in [1.82, 2.24) is 15.3 Å². The van der Waals surface area contributed by atoms with Crippen LogP contribution in [0, 0.1) is 6.92 Å². The third kappa shape index (κ3) is 3.88. The molecule has 0 aliphatic heterocycles. The molecule has 0 aromatic carbocycles. The molecule has 0 saturated carbocycles. The predicted octanol–water partition coefficient (Wildman–Crippen LogP) is 1.83. The summed E-state index contributed by atoms with van der Waals surface area (Å²) in [6, 6.07) is 2.48. The minimum atomic E-state index is -1.07. The average Bonchev–Trinajstić information content (AvgIpc) is 2.88. The Balaban J connectivity index is 2.12. The molecule has 2 aromatic heterocycles. The number of pyridine rings is 1. The van der Waals surface area contributed by atoms with Gasteiger partial charge in [-0.2, -0.15) is 0 Å². The van der Waals surface area contributed by atoms with Crippen LogP contribution >= 0.6 is 11.3 Å². The minimum absolute atomic E-state index is 0.210. The first-order valence-electron chi connectivity index (χ1n) is 6.90. The molecule has 22 heavy (non-hydrogen) atoms. The minimum Gasteiger partial charge on any atom is -0.480 e. The Labute approximate surface area is 132 Å². The van der Waals surface area contributed by atoms with Gasteiger partial charge in [0.05, 0.1) is 10.7 Å². The number of aliphatic carboxylic acids is 1. The third-order valence-electron chi connectivity index (χ3n) is 3.14. The fraction of sp³-hybridized carbons (Fsp3) is 0.333. The van der Waals surface area contributed by atoms with Gasteiger partial charge in [0.15, 0.2) is 0 Å². The summed E-state index contributed by atoms with van der Waals surface area (Å²) >= 11 is 1.30. The van der Waals surface area contributed by atoms with Crippen LogP contribution in [-0.2, 0) is 17.6 Å². The molecule has 0 aliphatic rings. The van der Waals surface area contributed by atoms with Gasteiger partial charge >= 0.3 is 5.97 Å². The van der Waals surface area contributed by atoms with Gasteiger partial charge in [0.2, 0.25) is 0 Å². The fourth-order valence-electron chi connectivity index (χ4n) is 1.99. The van der Waals surface area contributed by atoms with Crippen molar-refractivity contribution >= 4 is 23.2 Å². The topological polar surface area (TPSA) is 92.2 Å². The highest BCUT2D eigenvalue weighted by molar-refractivity contribution is 7.13. The Morgan fingerprint density at radius 2 is 2.05 bits per heavy atom. The molecule has 1 atom stereocenters. The van der Waals surface area contributed by atoms with Gasteiger partial charge < -0.3 is 10.4 Å². The van der Waals surface area contributed by atoms with E-state index in [9.17, 15) is 14.7 Å². The van der Waals surface area contributed by atoms with Crippen molar-refractivity contribution in [2.24, 2.45) is 0 Å². The summed E-state index contributed by atoms with van der Waals surface area (Å²) in [5.74, 6) is -1.46. The Kier molecular flexibility index (Phi) is 5.21. The maximum atomic E-state index is 12.3. The molecular formula is C15H17N3O3S. The number of aryl methyl sites for hydroxylation is 2. The lowest BCUT2D eigenvalue weighted by atomic mass is 10.1. The van der Waals surface area contributed by atoms with Crippen molar-refractivity contribution in [3.8, 4) is 0 Å². The van der Waals surface area contributed by atoms with Crippen molar-refractivity contribution in [3.63, 3.8) is 0 Å². The van der Waals surface area contributed by atoms with E-state index in [4.69, 9.17) is 0 Å². The van der Waals surface area contributed by atoms with E-state index in [1.807, 2.05) is 6.92 Å². The summed E-state index contributed by atoms with van der Waals surface area (Å²) < 4.78 is 0. The number of nitrogens with one attached hydrogen (secondary N) is 1. The zero-order valence-electron chi connectivity index (χ0n) is 12.4. The van der Waals surface area contributed by atoms with Crippen LogP contribution in [0.2, 0.25) is 0 Å². The average molecular weight is 319 g/mol. The molecule has 0 aliphatic carbocycles. The molecule has 1 amide bonds. The van der Waals surface area contributed by atoms with Crippen LogP contribution < -0.4 is 5.32 Å².